The summed E-state index contributed by atoms with van der Waals surface area (Å²) in [6, 6.07) is 0. The van der Waals surface area contributed by atoms with Gasteiger partial charge in [0.05, 0.1) is 6.61 Å². The monoisotopic (exact) mass is 168 g/mol. The SMILES string of the molecule is CCCCOC1=CCCCC1=O. The number of ether oxygens (including phenoxy) is 1. The highest BCUT2D eigenvalue weighted by Crippen LogP contribution is 2.15. The summed E-state index contributed by atoms with van der Waals surface area (Å²) >= 11 is 0. The molecule has 1 rings (SSSR count). The van der Waals surface area contributed by atoms with Crippen LogP contribution in [0.15, 0.2) is 11.8 Å². The van der Waals surface area contributed by atoms with E-state index in [1.54, 1.807) is 0 Å². The van der Waals surface area contributed by atoms with Crippen LogP contribution in [0.3, 0.4) is 0 Å². The normalized spacial score (nSPS) is 17.4. The van der Waals surface area contributed by atoms with Gasteiger partial charge in [-0.25, -0.2) is 0 Å². The largest absolute Gasteiger partial charge is 0.490 e. The number of Topliss-reactive ketones (excluding diaryl/α,β-unsaturated/α-hetero) is 1. The molecule has 0 aliphatic heterocycles. The van der Waals surface area contributed by atoms with E-state index in [-0.39, 0.29) is 5.78 Å². The smallest absolute Gasteiger partial charge is 0.197 e. The van der Waals surface area contributed by atoms with Crippen LogP contribution in [0.5, 0.6) is 0 Å². The lowest BCUT2D eigenvalue weighted by Crippen LogP contribution is -2.10. The third-order valence-electron chi connectivity index (χ3n) is 1.97. The summed E-state index contributed by atoms with van der Waals surface area (Å²) in [5.41, 5.74) is 0. The van der Waals surface area contributed by atoms with E-state index in [0.717, 1.165) is 25.7 Å². The van der Waals surface area contributed by atoms with Crippen LogP contribution in [0.2, 0.25) is 0 Å². The average Bonchev–Trinajstić information content (AvgIpc) is 2.09. The Morgan fingerprint density at radius 3 is 3.08 bits per heavy atom. The van der Waals surface area contributed by atoms with E-state index in [1.165, 1.54) is 0 Å². The second kappa shape index (κ2) is 4.96. The predicted octanol–water partition coefficient (Wildman–Crippen LogP) is 2.44. The third-order valence-corrected chi connectivity index (χ3v) is 1.97. The zero-order chi connectivity index (χ0) is 8.81. The fourth-order valence-corrected chi connectivity index (χ4v) is 1.20. The van der Waals surface area contributed by atoms with E-state index in [4.69, 9.17) is 4.74 Å². The average molecular weight is 168 g/mol. The number of carbonyl (C=O) groups excluding carboxylic acids is 1. The van der Waals surface area contributed by atoms with Crippen LogP contribution < -0.4 is 0 Å². The molecule has 0 aromatic rings. The van der Waals surface area contributed by atoms with Gasteiger partial charge in [-0.3, -0.25) is 4.79 Å². The Hall–Kier alpha value is -0.790. The van der Waals surface area contributed by atoms with Crippen LogP contribution in [0, 0.1) is 0 Å². The molecule has 0 saturated carbocycles. The molecule has 0 heterocycles. The standard InChI is InChI=1S/C10H16O2/c1-2-3-8-12-10-7-5-4-6-9(10)11/h7H,2-6,8H2,1H3. The molecule has 0 bridgehead atoms. The van der Waals surface area contributed by atoms with Crippen molar-refractivity contribution in [2.45, 2.75) is 39.0 Å². The van der Waals surface area contributed by atoms with Gasteiger partial charge in [-0.05, 0) is 25.3 Å². The van der Waals surface area contributed by atoms with Gasteiger partial charge in [0.25, 0.3) is 0 Å². The topological polar surface area (TPSA) is 26.3 Å². The van der Waals surface area contributed by atoms with Crippen molar-refractivity contribution in [1.82, 2.24) is 0 Å². The number of rotatable bonds is 4. The fraction of sp³-hybridized carbons (Fsp3) is 0.700. The van der Waals surface area contributed by atoms with Gasteiger partial charge in [0.15, 0.2) is 11.5 Å². The van der Waals surface area contributed by atoms with Gasteiger partial charge in [0.1, 0.15) is 0 Å². The molecule has 12 heavy (non-hydrogen) atoms. The van der Waals surface area contributed by atoms with Crippen molar-refractivity contribution >= 4 is 5.78 Å². The Bertz CT molecular complexity index is 182. The number of hydrogen-bond acceptors (Lipinski definition) is 2. The minimum Gasteiger partial charge on any atom is -0.490 e. The Labute approximate surface area is 73.6 Å². The minimum atomic E-state index is 0.178. The first kappa shape index (κ1) is 9.30. The van der Waals surface area contributed by atoms with Gasteiger partial charge in [-0.1, -0.05) is 13.3 Å². The molecule has 0 radical (unpaired) electrons. The number of allylic oxidation sites excluding steroid dienone is 2. The molecule has 2 nitrogen and oxygen atoms in total. The first-order valence-corrected chi connectivity index (χ1v) is 4.70. The summed E-state index contributed by atoms with van der Waals surface area (Å²) < 4.78 is 5.35. The second-order valence-corrected chi connectivity index (χ2v) is 3.09. The summed E-state index contributed by atoms with van der Waals surface area (Å²) in [5, 5.41) is 0. The first-order chi connectivity index (χ1) is 5.84. The third kappa shape index (κ3) is 2.68. The molecule has 0 aromatic carbocycles. The molecule has 0 aromatic heterocycles. The first-order valence-electron chi connectivity index (χ1n) is 4.70. The van der Waals surface area contributed by atoms with Crippen LogP contribution in [0.25, 0.3) is 0 Å². The van der Waals surface area contributed by atoms with Gasteiger partial charge in [0, 0.05) is 6.42 Å². The lowest BCUT2D eigenvalue weighted by molar-refractivity contribution is -0.119. The van der Waals surface area contributed by atoms with Crippen molar-refractivity contribution in [1.29, 1.82) is 0 Å². The molecule has 1 aliphatic carbocycles. The van der Waals surface area contributed by atoms with Crippen LogP contribution >= 0.6 is 0 Å². The minimum absolute atomic E-state index is 0.178. The maximum absolute atomic E-state index is 11.2. The second-order valence-electron chi connectivity index (χ2n) is 3.09. The number of hydrogen-bond donors (Lipinski definition) is 0. The van der Waals surface area contributed by atoms with Gasteiger partial charge in [-0.15, -0.1) is 0 Å². The Morgan fingerprint density at radius 1 is 1.58 bits per heavy atom. The van der Waals surface area contributed by atoms with Crippen molar-refractivity contribution in [2.75, 3.05) is 6.61 Å². The zero-order valence-corrected chi connectivity index (χ0v) is 7.64. The summed E-state index contributed by atoms with van der Waals surface area (Å²) in [6.07, 6.45) is 6.71. The highest BCUT2D eigenvalue weighted by Gasteiger charge is 2.13. The van der Waals surface area contributed by atoms with Crippen molar-refractivity contribution in [2.24, 2.45) is 0 Å². The highest BCUT2D eigenvalue weighted by atomic mass is 16.5. The summed E-state index contributed by atoms with van der Waals surface area (Å²) in [6.45, 7) is 2.80. The molecule has 0 fully saturated rings. The van der Waals surface area contributed by atoms with Crippen LogP contribution in [-0.2, 0) is 9.53 Å². The summed E-state index contributed by atoms with van der Waals surface area (Å²) in [7, 11) is 0. The lowest BCUT2D eigenvalue weighted by Gasteiger charge is -2.12. The van der Waals surface area contributed by atoms with E-state index in [1.807, 2.05) is 6.08 Å². The van der Waals surface area contributed by atoms with Gasteiger partial charge >= 0.3 is 0 Å². The number of carbonyl (C=O) groups is 1. The van der Waals surface area contributed by atoms with E-state index < -0.39 is 0 Å². The maximum Gasteiger partial charge on any atom is 0.197 e. The number of unbranched alkanes of at least 4 members (excludes halogenated alkanes) is 1. The van der Waals surface area contributed by atoms with Crippen LogP contribution in [0.1, 0.15) is 39.0 Å². The molecule has 0 unspecified atom stereocenters. The Morgan fingerprint density at radius 2 is 2.42 bits per heavy atom. The molecule has 0 spiro atoms. The van der Waals surface area contributed by atoms with Crippen molar-refractivity contribution < 1.29 is 9.53 Å². The lowest BCUT2D eigenvalue weighted by atomic mass is 10.1. The maximum atomic E-state index is 11.2. The van der Waals surface area contributed by atoms with Gasteiger partial charge in [-0.2, -0.15) is 0 Å². The number of ketones is 1. The van der Waals surface area contributed by atoms with E-state index >= 15 is 0 Å². The highest BCUT2D eigenvalue weighted by molar-refractivity contribution is 5.94. The van der Waals surface area contributed by atoms with E-state index in [9.17, 15) is 4.79 Å². The van der Waals surface area contributed by atoms with E-state index in [0.29, 0.717) is 18.8 Å². The van der Waals surface area contributed by atoms with Crippen molar-refractivity contribution in [3.8, 4) is 0 Å². The molecule has 0 amide bonds. The van der Waals surface area contributed by atoms with Gasteiger partial charge < -0.3 is 4.74 Å². The van der Waals surface area contributed by atoms with Crippen LogP contribution in [-0.4, -0.2) is 12.4 Å². The van der Waals surface area contributed by atoms with Gasteiger partial charge in [0.2, 0.25) is 0 Å². The molecule has 0 saturated heterocycles. The fourth-order valence-electron chi connectivity index (χ4n) is 1.20. The summed E-state index contributed by atoms with van der Waals surface area (Å²) in [4.78, 5) is 11.2. The predicted molar refractivity (Wildman–Crippen MR) is 47.8 cm³/mol. The van der Waals surface area contributed by atoms with Crippen LogP contribution in [0.4, 0.5) is 0 Å². The van der Waals surface area contributed by atoms with Crippen molar-refractivity contribution in [3.05, 3.63) is 11.8 Å². The molecule has 1 aliphatic rings. The Kier molecular flexibility index (Phi) is 3.85. The zero-order valence-electron chi connectivity index (χ0n) is 7.64. The molecule has 0 atom stereocenters. The molecule has 68 valence electrons. The Balaban J connectivity index is 2.29. The molecule has 0 N–H and O–H groups in total. The molecule has 2 heteroatoms. The molecular formula is C10H16O2. The quantitative estimate of drug-likeness (QED) is 0.603. The van der Waals surface area contributed by atoms with E-state index in [2.05, 4.69) is 6.92 Å². The summed E-state index contributed by atoms with van der Waals surface area (Å²) in [5.74, 6) is 0.784. The van der Waals surface area contributed by atoms with Crippen molar-refractivity contribution in [3.63, 3.8) is 0 Å². The molecular weight excluding hydrogens is 152 g/mol.